The smallest absolute Gasteiger partial charge is 0.254 e. The van der Waals surface area contributed by atoms with Crippen LogP contribution in [-0.4, -0.2) is 68.9 Å². The Kier molecular flexibility index (Phi) is 6.33. The Bertz CT molecular complexity index is 1190. The van der Waals surface area contributed by atoms with Gasteiger partial charge in [-0.25, -0.2) is 0 Å². The fraction of sp³-hybridized carbons (Fsp3) is 0.688. The van der Waals surface area contributed by atoms with Crippen LogP contribution < -0.4 is 4.74 Å². The minimum Gasteiger partial charge on any atom is -0.497 e. The van der Waals surface area contributed by atoms with Crippen molar-refractivity contribution < 1.29 is 29.6 Å². The van der Waals surface area contributed by atoms with Crippen LogP contribution in [0.15, 0.2) is 35.9 Å². The number of methoxy groups -OCH3 is 1. The molecule has 9 atom stereocenters. The van der Waals surface area contributed by atoms with Gasteiger partial charge in [-0.1, -0.05) is 13.8 Å². The summed E-state index contributed by atoms with van der Waals surface area (Å²) in [6.07, 6.45) is 5.57. The molecule has 3 unspecified atom stereocenters. The van der Waals surface area contributed by atoms with Crippen LogP contribution in [0.2, 0.25) is 0 Å². The molecule has 0 radical (unpaired) electrons. The molecule has 4 saturated carbocycles. The van der Waals surface area contributed by atoms with Gasteiger partial charge in [-0.3, -0.25) is 9.59 Å². The molecule has 1 amide bonds. The second kappa shape index (κ2) is 9.15. The molecular weight excluding hydrogens is 494 g/mol. The highest BCUT2D eigenvalue weighted by Gasteiger charge is 2.67. The normalized spacial score (nSPS) is 42.1. The van der Waals surface area contributed by atoms with Crippen molar-refractivity contribution in [2.24, 2.45) is 28.6 Å². The highest BCUT2D eigenvalue weighted by atomic mass is 16.5. The quantitative estimate of drug-likeness (QED) is 0.526. The number of hydrogen-bond donors (Lipinski definition) is 3. The summed E-state index contributed by atoms with van der Waals surface area (Å²) in [5.41, 5.74) is -0.603. The molecule has 7 nitrogen and oxygen atoms in total. The number of hydrogen-bond acceptors (Lipinski definition) is 6. The molecule has 7 heteroatoms. The molecule has 0 aliphatic heterocycles. The second-order valence-electron chi connectivity index (χ2n) is 13.6. The van der Waals surface area contributed by atoms with Gasteiger partial charge >= 0.3 is 0 Å². The van der Waals surface area contributed by atoms with E-state index in [4.69, 9.17) is 4.74 Å². The van der Waals surface area contributed by atoms with E-state index in [2.05, 4.69) is 25.7 Å². The number of allylic oxidation sites excluding steroid dienone is 1. The summed E-state index contributed by atoms with van der Waals surface area (Å²) < 4.78 is 5.28. The number of benzene rings is 1. The number of aliphatic hydroxyl groups excluding tert-OH is 2. The first-order valence-electron chi connectivity index (χ1n) is 14.8. The van der Waals surface area contributed by atoms with E-state index >= 15 is 0 Å². The minimum atomic E-state index is -1.13. The van der Waals surface area contributed by atoms with E-state index in [1.54, 1.807) is 13.2 Å². The lowest BCUT2D eigenvalue weighted by Crippen LogP contribution is -2.61. The molecule has 1 aromatic rings. The summed E-state index contributed by atoms with van der Waals surface area (Å²) in [4.78, 5) is 29.3. The molecule has 5 aliphatic rings. The Labute approximate surface area is 231 Å². The standard InChI is InChI=1S/C32H43NO6/c1-18(33(20-7-8-20)29(37)19-5-9-21(39-4)10-6-19)22-12-14-32(38)24-15-26(34)25-16-27(35)28(36)17-30(25,2)23(24)11-13-31(22,32)3/h5-6,9-10,15,18,20,22-23,25,27-28,35-36,38H,7-8,11-14,16-17H2,1-4H3/t18?,22?,23?,25-,27+,28-,30+,31+,32+/m0/s1. The Morgan fingerprint density at radius 3 is 2.36 bits per heavy atom. The molecule has 6 rings (SSSR count). The first kappa shape index (κ1) is 27.0. The number of fused-ring (bicyclic) bond motifs is 5. The zero-order valence-corrected chi connectivity index (χ0v) is 23.6. The zero-order chi connectivity index (χ0) is 27.9. The molecule has 0 bridgehead atoms. The highest BCUT2D eigenvalue weighted by Crippen LogP contribution is 2.68. The number of rotatable bonds is 5. The lowest BCUT2D eigenvalue weighted by Gasteiger charge is -2.60. The molecule has 212 valence electrons. The third-order valence-electron chi connectivity index (χ3n) is 11.7. The van der Waals surface area contributed by atoms with Gasteiger partial charge in [0.15, 0.2) is 5.78 Å². The van der Waals surface area contributed by atoms with Crippen LogP contribution >= 0.6 is 0 Å². The molecule has 0 heterocycles. The van der Waals surface area contributed by atoms with Gasteiger partial charge in [-0.05, 0) is 111 Å². The molecule has 3 N–H and O–H groups in total. The van der Waals surface area contributed by atoms with Crippen molar-refractivity contribution in [1.29, 1.82) is 0 Å². The molecule has 0 spiro atoms. The van der Waals surface area contributed by atoms with Crippen molar-refractivity contribution in [3.8, 4) is 5.75 Å². The number of ketones is 1. The third kappa shape index (κ3) is 3.86. The molecule has 39 heavy (non-hydrogen) atoms. The van der Waals surface area contributed by atoms with Gasteiger partial charge < -0.3 is 25.0 Å². The number of amides is 1. The van der Waals surface area contributed by atoms with E-state index in [1.165, 1.54) is 0 Å². The van der Waals surface area contributed by atoms with Crippen LogP contribution in [0.3, 0.4) is 0 Å². The van der Waals surface area contributed by atoms with E-state index < -0.39 is 28.6 Å². The van der Waals surface area contributed by atoms with E-state index in [0.29, 0.717) is 24.2 Å². The fourth-order valence-electron chi connectivity index (χ4n) is 9.30. The summed E-state index contributed by atoms with van der Waals surface area (Å²) in [5, 5.41) is 33.4. The van der Waals surface area contributed by atoms with Crippen LogP contribution in [0, 0.1) is 28.6 Å². The number of ether oxygens (including phenoxy) is 1. The van der Waals surface area contributed by atoms with E-state index in [1.807, 2.05) is 24.3 Å². The van der Waals surface area contributed by atoms with Gasteiger partial charge in [0.2, 0.25) is 0 Å². The van der Waals surface area contributed by atoms with Crippen molar-refractivity contribution in [2.45, 2.75) is 102 Å². The largest absolute Gasteiger partial charge is 0.497 e. The van der Waals surface area contributed by atoms with Gasteiger partial charge in [0.05, 0.1) is 24.9 Å². The number of carbonyl (C=O) groups excluding carboxylic acids is 2. The average molecular weight is 538 g/mol. The maximum absolute atomic E-state index is 13.8. The van der Waals surface area contributed by atoms with Gasteiger partial charge in [0.25, 0.3) is 5.91 Å². The average Bonchev–Trinajstić information content (AvgIpc) is 3.69. The van der Waals surface area contributed by atoms with E-state index in [-0.39, 0.29) is 47.9 Å². The zero-order valence-electron chi connectivity index (χ0n) is 23.6. The molecule has 0 aromatic heterocycles. The third-order valence-corrected chi connectivity index (χ3v) is 11.7. The second-order valence-corrected chi connectivity index (χ2v) is 13.6. The van der Waals surface area contributed by atoms with Crippen molar-refractivity contribution in [3.63, 3.8) is 0 Å². The predicted molar refractivity (Wildman–Crippen MR) is 146 cm³/mol. The van der Waals surface area contributed by atoms with Gasteiger partial charge in [0, 0.05) is 29.0 Å². The Morgan fingerprint density at radius 1 is 1.03 bits per heavy atom. The lowest BCUT2D eigenvalue weighted by molar-refractivity contribution is -0.153. The minimum absolute atomic E-state index is 0.00468. The summed E-state index contributed by atoms with van der Waals surface area (Å²) >= 11 is 0. The van der Waals surface area contributed by atoms with E-state index in [0.717, 1.165) is 37.7 Å². The Balaban J connectivity index is 1.31. The first-order valence-corrected chi connectivity index (χ1v) is 14.8. The number of aliphatic hydroxyl groups is 3. The SMILES string of the molecule is COc1ccc(C(=O)N(C2CC2)C(C)C2CC[C@@]3(O)C4=CC(=O)[C@@H]5C[C@@H](O)[C@@H](O)C[C@]5(C)C4CC[C@]23C)cc1. The van der Waals surface area contributed by atoms with Gasteiger partial charge in [-0.2, -0.15) is 0 Å². The Hall–Kier alpha value is -2.22. The topological polar surface area (TPSA) is 107 Å². The van der Waals surface area contributed by atoms with Crippen LogP contribution in [-0.2, 0) is 4.79 Å². The molecule has 4 fully saturated rings. The fourth-order valence-corrected chi connectivity index (χ4v) is 9.30. The predicted octanol–water partition coefficient (Wildman–Crippen LogP) is 3.89. The van der Waals surface area contributed by atoms with Crippen molar-refractivity contribution in [3.05, 3.63) is 41.5 Å². The maximum Gasteiger partial charge on any atom is 0.254 e. The first-order chi connectivity index (χ1) is 18.4. The molecule has 0 saturated heterocycles. The van der Waals surface area contributed by atoms with Crippen molar-refractivity contribution in [2.75, 3.05) is 7.11 Å². The monoisotopic (exact) mass is 537 g/mol. The maximum atomic E-state index is 13.8. The van der Waals surface area contributed by atoms with Crippen molar-refractivity contribution >= 4 is 11.7 Å². The summed E-state index contributed by atoms with van der Waals surface area (Å²) in [6, 6.07) is 7.45. The number of nitrogens with zero attached hydrogens (tertiary/aromatic N) is 1. The summed E-state index contributed by atoms with van der Waals surface area (Å²) in [6.45, 7) is 6.38. The highest BCUT2D eigenvalue weighted by molar-refractivity contribution is 5.95. The summed E-state index contributed by atoms with van der Waals surface area (Å²) in [5.74, 6) is 0.465. The van der Waals surface area contributed by atoms with Crippen molar-refractivity contribution in [1.82, 2.24) is 4.90 Å². The summed E-state index contributed by atoms with van der Waals surface area (Å²) in [7, 11) is 1.61. The van der Waals surface area contributed by atoms with E-state index in [9.17, 15) is 24.9 Å². The van der Waals surface area contributed by atoms with Crippen LogP contribution in [0.4, 0.5) is 0 Å². The van der Waals surface area contributed by atoms with Gasteiger partial charge in [-0.15, -0.1) is 0 Å². The van der Waals surface area contributed by atoms with Crippen LogP contribution in [0.5, 0.6) is 5.75 Å². The molecule has 5 aliphatic carbocycles. The molecular formula is C32H43NO6. The Morgan fingerprint density at radius 2 is 1.72 bits per heavy atom. The van der Waals surface area contributed by atoms with Gasteiger partial charge in [0.1, 0.15) is 5.75 Å². The number of carbonyl (C=O) groups is 2. The van der Waals surface area contributed by atoms with Crippen LogP contribution in [0.25, 0.3) is 0 Å². The molecule has 1 aromatic carbocycles. The van der Waals surface area contributed by atoms with Crippen LogP contribution in [0.1, 0.15) is 82.5 Å². The lowest BCUT2D eigenvalue weighted by atomic mass is 9.46.